The molecule has 3 fully saturated rings. The van der Waals surface area contributed by atoms with Crippen LogP contribution in [0.5, 0.6) is 5.75 Å². The Hall–Kier alpha value is -5.20. The lowest BCUT2D eigenvalue weighted by Gasteiger charge is -2.28. The summed E-state index contributed by atoms with van der Waals surface area (Å²) in [6.45, 7) is 3.98. The van der Waals surface area contributed by atoms with Gasteiger partial charge in [-0.05, 0) is 84.6 Å². The van der Waals surface area contributed by atoms with E-state index in [1.807, 2.05) is 78.9 Å². The first-order valence-electron chi connectivity index (χ1n) is 17.2. The Balaban J connectivity index is 1.03. The quantitative estimate of drug-likeness (QED) is 0.227. The molecule has 4 aromatic rings. The van der Waals surface area contributed by atoms with Crippen LogP contribution in [0.15, 0.2) is 102 Å². The van der Waals surface area contributed by atoms with Gasteiger partial charge in [-0.3, -0.25) is 24.3 Å². The van der Waals surface area contributed by atoms with E-state index in [1.54, 1.807) is 23.1 Å². The minimum absolute atomic E-state index is 0.0781. The number of likely N-dealkylation sites (tertiary alicyclic amines) is 1. The first-order valence-corrected chi connectivity index (χ1v) is 18.1. The molecule has 2 atom stereocenters. The fourth-order valence-corrected chi connectivity index (χ4v) is 7.72. The number of hydrogen-bond acceptors (Lipinski definition) is 9. The number of methoxy groups -OCH3 is 1. The van der Waals surface area contributed by atoms with Gasteiger partial charge in [-0.25, -0.2) is 4.99 Å². The number of aliphatic imine (C=N–C) groups is 1. The van der Waals surface area contributed by atoms with Crippen LogP contribution in [0.4, 0.5) is 17.1 Å². The van der Waals surface area contributed by atoms with E-state index in [4.69, 9.17) is 14.5 Å². The topological polar surface area (TPSA) is 117 Å². The number of carbonyl (C=O) groups is 3. The van der Waals surface area contributed by atoms with Gasteiger partial charge < -0.3 is 24.6 Å². The average molecular weight is 705 g/mol. The predicted octanol–water partition coefficient (Wildman–Crippen LogP) is 5.60. The first kappa shape index (κ1) is 34.3. The number of benzene rings is 3. The van der Waals surface area contributed by atoms with Crippen molar-refractivity contribution in [2.75, 3.05) is 50.2 Å². The highest BCUT2D eigenvalue weighted by Gasteiger charge is 2.39. The minimum atomic E-state index is -0.538. The van der Waals surface area contributed by atoms with Gasteiger partial charge in [-0.1, -0.05) is 42.1 Å². The molecule has 0 saturated carbocycles. The third-order valence-electron chi connectivity index (χ3n) is 9.31. The molecule has 0 radical (unpaired) electrons. The molecule has 12 heteroatoms. The van der Waals surface area contributed by atoms with Gasteiger partial charge in [0.2, 0.25) is 17.7 Å². The van der Waals surface area contributed by atoms with E-state index in [0.717, 1.165) is 53.5 Å². The summed E-state index contributed by atoms with van der Waals surface area (Å²) in [5.41, 5.74) is 4.93. The Morgan fingerprint density at radius 3 is 2.43 bits per heavy atom. The van der Waals surface area contributed by atoms with Crippen LogP contribution in [0.1, 0.15) is 34.9 Å². The number of aromatic nitrogens is 1. The molecule has 0 aliphatic carbocycles. The van der Waals surface area contributed by atoms with E-state index in [0.29, 0.717) is 43.6 Å². The third kappa shape index (κ3) is 8.08. The SMILES string of the molecule is COc1ccc(CC(=O)N2CCC[C@@H]2C(=O)Nc2ccc(C3SC(=Nc4ccc(N5CCOCC5)cc4)N(Cc4ccccn4)C3=O)cc2)cc1. The van der Waals surface area contributed by atoms with Crippen molar-refractivity contribution in [2.24, 2.45) is 4.99 Å². The Kier molecular flexibility index (Phi) is 10.6. The molecule has 3 amide bonds. The number of thioether (sulfide) groups is 1. The second kappa shape index (κ2) is 15.8. The lowest BCUT2D eigenvalue weighted by Crippen LogP contribution is -2.43. The van der Waals surface area contributed by atoms with Gasteiger partial charge in [0.05, 0.1) is 44.7 Å². The van der Waals surface area contributed by atoms with E-state index >= 15 is 0 Å². The van der Waals surface area contributed by atoms with Gasteiger partial charge in [-0.15, -0.1) is 0 Å². The number of ether oxygens (including phenoxy) is 2. The molecule has 3 saturated heterocycles. The van der Waals surface area contributed by atoms with Crippen molar-refractivity contribution < 1.29 is 23.9 Å². The molecule has 7 rings (SSSR count). The Morgan fingerprint density at radius 1 is 0.961 bits per heavy atom. The van der Waals surface area contributed by atoms with Crippen molar-refractivity contribution >= 4 is 51.7 Å². The summed E-state index contributed by atoms with van der Waals surface area (Å²) in [5, 5.41) is 3.09. The zero-order valence-corrected chi connectivity index (χ0v) is 29.3. The van der Waals surface area contributed by atoms with Crippen LogP contribution < -0.4 is 15.0 Å². The standard InChI is InChI=1S/C39H40N6O5S/c1-49-33-17-7-27(8-18-33)25-35(46)44-20-4-6-34(44)37(47)41-29-11-9-28(10-12-29)36-38(48)45(26-31-5-2-3-19-40-31)39(51-36)42-30-13-15-32(16-14-30)43-21-23-50-24-22-43/h2-3,5,7-19,34,36H,4,6,20-26H2,1H3,(H,41,47)/t34-,36?/m1/s1. The fourth-order valence-electron chi connectivity index (χ4n) is 6.55. The predicted molar refractivity (Wildman–Crippen MR) is 198 cm³/mol. The van der Waals surface area contributed by atoms with E-state index in [9.17, 15) is 14.4 Å². The summed E-state index contributed by atoms with van der Waals surface area (Å²) in [6.07, 6.45) is 3.31. The number of amidine groups is 1. The number of anilines is 2. The van der Waals surface area contributed by atoms with Gasteiger partial charge in [0.1, 0.15) is 17.0 Å². The number of amides is 3. The number of pyridine rings is 1. The van der Waals surface area contributed by atoms with Crippen molar-refractivity contribution in [3.8, 4) is 5.75 Å². The number of hydrogen-bond donors (Lipinski definition) is 1. The van der Waals surface area contributed by atoms with Crippen LogP contribution in [0, 0.1) is 0 Å². The van der Waals surface area contributed by atoms with Gasteiger partial charge in [0.25, 0.3) is 0 Å². The minimum Gasteiger partial charge on any atom is -0.497 e. The molecule has 3 aliphatic heterocycles. The summed E-state index contributed by atoms with van der Waals surface area (Å²) < 4.78 is 10.7. The molecule has 51 heavy (non-hydrogen) atoms. The average Bonchev–Trinajstić information content (AvgIpc) is 3.79. The molecular formula is C39H40N6O5S. The molecule has 0 bridgehead atoms. The molecule has 3 aliphatic rings. The molecule has 262 valence electrons. The lowest BCUT2D eigenvalue weighted by atomic mass is 10.1. The fraction of sp³-hybridized carbons (Fsp3) is 0.308. The molecule has 1 N–H and O–H groups in total. The molecule has 11 nitrogen and oxygen atoms in total. The van der Waals surface area contributed by atoms with E-state index in [2.05, 4.69) is 27.3 Å². The number of nitrogens with zero attached hydrogens (tertiary/aromatic N) is 5. The van der Waals surface area contributed by atoms with Crippen LogP contribution in [0.3, 0.4) is 0 Å². The van der Waals surface area contributed by atoms with Crippen molar-refractivity contribution in [3.63, 3.8) is 0 Å². The highest BCUT2D eigenvalue weighted by molar-refractivity contribution is 8.15. The van der Waals surface area contributed by atoms with Crippen LogP contribution in [0.2, 0.25) is 0 Å². The molecule has 4 heterocycles. The Morgan fingerprint density at radius 2 is 1.73 bits per heavy atom. The largest absolute Gasteiger partial charge is 0.497 e. The highest BCUT2D eigenvalue weighted by atomic mass is 32.2. The number of nitrogens with one attached hydrogen (secondary N) is 1. The van der Waals surface area contributed by atoms with Crippen molar-refractivity contribution in [1.82, 2.24) is 14.8 Å². The lowest BCUT2D eigenvalue weighted by molar-refractivity contribution is -0.136. The maximum atomic E-state index is 13.9. The van der Waals surface area contributed by atoms with E-state index in [1.165, 1.54) is 11.8 Å². The Labute approximate surface area is 301 Å². The second-order valence-corrected chi connectivity index (χ2v) is 13.7. The third-order valence-corrected chi connectivity index (χ3v) is 10.5. The summed E-state index contributed by atoms with van der Waals surface area (Å²) in [5.74, 6) is 0.353. The molecule has 1 aromatic heterocycles. The van der Waals surface area contributed by atoms with Crippen LogP contribution in [-0.2, 0) is 32.1 Å². The monoisotopic (exact) mass is 704 g/mol. The molecular weight excluding hydrogens is 665 g/mol. The van der Waals surface area contributed by atoms with Crippen LogP contribution in [0.25, 0.3) is 0 Å². The van der Waals surface area contributed by atoms with Crippen molar-refractivity contribution in [3.05, 3.63) is 114 Å². The van der Waals surface area contributed by atoms with Crippen molar-refractivity contribution in [1.29, 1.82) is 0 Å². The summed E-state index contributed by atoms with van der Waals surface area (Å²) in [4.78, 5) is 55.5. The molecule has 3 aromatic carbocycles. The maximum Gasteiger partial charge on any atom is 0.247 e. The maximum absolute atomic E-state index is 13.9. The summed E-state index contributed by atoms with van der Waals surface area (Å²) in [7, 11) is 1.60. The number of morpholine rings is 1. The Bertz CT molecular complexity index is 1870. The van der Waals surface area contributed by atoms with Gasteiger partial charge in [0.15, 0.2) is 5.17 Å². The normalized spacial score (nSPS) is 19.8. The van der Waals surface area contributed by atoms with Crippen LogP contribution >= 0.6 is 11.8 Å². The van der Waals surface area contributed by atoms with Crippen LogP contribution in [-0.4, -0.2) is 83.7 Å². The highest BCUT2D eigenvalue weighted by Crippen LogP contribution is 2.41. The van der Waals surface area contributed by atoms with E-state index in [-0.39, 0.29) is 24.1 Å². The van der Waals surface area contributed by atoms with Crippen molar-refractivity contribution in [2.45, 2.75) is 37.1 Å². The first-order chi connectivity index (χ1) is 24.9. The smallest absolute Gasteiger partial charge is 0.247 e. The van der Waals surface area contributed by atoms with E-state index < -0.39 is 11.3 Å². The second-order valence-electron chi connectivity index (χ2n) is 12.6. The zero-order chi connectivity index (χ0) is 35.2. The van der Waals surface area contributed by atoms with Gasteiger partial charge >= 0.3 is 0 Å². The summed E-state index contributed by atoms with van der Waals surface area (Å²) >= 11 is 1.41. The molecule has 1 unspecified atom stereocenters. The van der Waals surface area contributed by atoms with Gasteiger partial charge in [-0.2, -0.15) is 0 Å². The van der Waals surface area contributed by atoms with Gasteiger partial charge in [0, 0.05) is 37.2 Å². The summed E-state index contributed by atoms with van der Waals surface area (Å²) in [6, 6.07) is 27.9. The number of carbonyl (C=O) groups excluding carboxylic acids is 3. The number of rotatable bonds is 10. The zero-order valence-electron chi connectivity index (χ0n) is 28.4. The molecule has 0 spiro atoms.